The highest BCUT2D eigenvalue weighted by Gasteiger charge is 2.12. The molecule has 94 valence electrons. The summed E-state index contributed by atoms with van der Waals surface area (Å²) in [5.74, 6) is 6.41. The standard InChI is InChI=1S/C12H14N4OS/c1-8-4-3-5-9(6-8)18-12-10(17-2)11(16-13)14-7-15-12/h3-7H,13H2,1-2H3,(H,14,15,16). The van der Waals surface area contributed by atoms with Crippen molar-refractivity contribution >= 4 is 17.6 Å². The van der Waals surface area contributed by atoms with Crippen LogP contribution >= 0.6 is 11.8 Å². The van der Waals surface area contributed by atoms with E-state index in [1.807, 2.05) is 25.1 Å². The number of nitrogen functional groups attached to an aromatic ring is 1. The quantitative estimate of drug-likeness (QED) is 0.500. The van der Waals surface area contributed by atoms with Crippen molar-refractivity contribution in [1.82, 2.24) is 9.97 Å². The summed E-state index contributed by atoms with van der Waals surface area (Å²) in [5, 5.41) is 0.728. The van der Waals surface area contributed by atoms with Crippen molar-refractivity contribution in [3.8, 4) is 5.75 Å². The molecule has 2 rings (SSSR count). The van der Waals surface area contributed by atoms with Crippen LogP contribution < -0.4 is 16.0 Å². The fourth-order valence-corrected chi connectivity index (χ4v) is 2.49. The average molecular weight is 262 g/mol. The minimum absolute atomic E-state index is 0.475. The summed E-state index contributed by atoms with van der Waals surface area (Å²) in [7, 11) is 1.57. The predicted molar refractivity (Wildman–Crippen MR) is 71.7 cm³/mol. The van der Waals surface area contributed by atoms with Crippen molar-refractivity contribution in [2.24, 2.45) is 5.84 Å². The lowest BCUT2D eigenvalue weighted by molar-refractivity contribution is 0.400. The van der Waals surface area contributed by atoms with Gasteiger partial charge in [-0.05, 0) is 19.1 Å². The van der Waals surface area contributed by atoms with E-state index in [4.69, 9.17) is 10.6 Å². The zero-order valence-electron chi connectivity index (χ0n) is 10.2. The van der Waals surface area contributed by atoms with E-state index in [2.05, 4.69) is 21.5 Å². The molecular formula is C12H14N4OS. The van der Waals surface area contributed by atoms with Crippen LogP contribution in [-0.4, -0.2) is 17.1 Å². The zero-order chi connectivity index (χ0) is 13.0. The molecule has 0 aliphatic heterocycles. The Bertz CT molecular complexity index is 547. The molecule has 0 amide bonds. The third kappa shape index (κ3) is 2.72. The minimum atomic E-state index is 0.475. The lowest BCUT2D eigenvalue weighted by Gasteiger charge is -2.10. The van der Waals surface area contributed by atoms with Crippen LogP contribution in [0.1, 0.15) is 5.56 Å². The SMILES string of the molecule is COc1c(NN)ncnc1Sc1cccc(C)c1. The van der Waals surface area contributed by atoms with Crippen molar-refractivity contribution in [2.75, 3.05) is 12.5 Å². The second-order valence-corrected chi connectivity index (χ2v) is 4.69. The van der Waals surface area contributed by atoms with Crippen molar-refractivity contribution < 1.29 is 4.74 Å². The Kier molecular flexibility index (Phi) is 4.01. The molecule has 0 saturated carbocycles. The summed E-state index contributed by atoms with van der Waals surface area (Å²) in [5.41, 5.74) is 3.69. The number of hydrogen-bond acceptors (Lipinski definition) is 6. The summed E-state index contributed by atoms with van der Waals surface area (Å²) in [4.78, 5) is 9.31. The maximum Gasteiger partial charge on any atom is 0.195 e. The van der Waals surface area contributed by atoms with Gasteiger partial charge in [0, 0.05) is 4.90 Å². The van der Waals surface area contributed by atoms with Gasteiger partial charge in [0.15, 0.2) is 11.6 Å². The van der Waals surface area contributed by atoms with Gasteiger partial charge in [-0.1, -0.05) is 29.5 Å². The van der Waals surface area contributed by atoms with E-state index in [0.29, 0.717) is 11.6 Å². The highest BCUT2D eigenvalue weighted by atomic mass is 32.2. The van der Waals surface area contributed by atoms with Gasteiger partial charge < -0.3 is 10.2 Å². The van der Waals surface area contributed by atoms with Crippen molar-refractivity contribution in [3.05, 3.63) is 36.2 Å². The van der Waals surface area contributed by atoms with E-state index in [0.717, 1.165) is 9.92 Å². The molecule has 1 aromatic heterocycles. The Morgan fingerprint density at radius 1 is 1.33 bits per heavy atom. The van der Waals surface area contributed by atoms with Crippen LogP contribution in [0.3, 0.4) is 0 Å². The topological polar surface area (TPSA) is 73.1 Å². The van der Waals surface area contributed by atoms with Gasteiger partial charge in [-0.25, -0.2) is 15.8 Å². The highest BCUT2D eigenvalue weighted by Crippen LogP contribution is 2.36. The number of hydrazine groups is 1. The lowest BCUT2D eigenvalue weighted by atomic mass is 10.2. The number of hydrogen-bond donors (Lipinski definition) is 2. The monoisotopic (exact) mass is 262 g/mol. The third-order valence-corrected chi connectivity index (χ3v) is 3.29. The van der Waals surface area contributed by atoms with Gasteiger partial charge in [-0.15, -0.1) is 0 Å². The summed E-state index contributed by atoms with van der Waals surface area (Å²) >= 11 is 1.51. The van der Waals surface area contributed by atoms with Crippen molar-refractivity contribution in [1.29, 1.82) is 0 Å². The van der Waals surface area contributed by atoms with Crippen LogP contribution in [0, 0.1) is 6.92 Å². The largest absolute Gasteiger partial charge is 0.490 e. The first-order valence-corrected chi connectivity index (χ1v) is 6.16. The Morgan fingerprint density at radius 3 is 2.83 bits per heavy atom. The van der Waals surface area contributed by atoms with E-state index in [9.17, 15) is 0 Å². The first-order valence-electron chi connectivity index (χ1n) is 5.34. The Hall–Kier alpha value is -1.79. The molecule has 1 heterocycles. The summed E-state index contributed by atoms with van der Waals surface area (Å²) in [6.07, 6.45) is 1.45. The molecule has 1 aromatic carbocycles. The molecule has 0 aliphatic rings. The number of nitrogens with two attached hydrogens (primary N) is 1. The first-order chi connectivity index (χ1) is 8.74. The van der Waals surface area contributed by atoms with Gasteiger partial charge >= 0.3 is 0 Å². The second kappa shape index (κ2) is 5.70. The van der Waals surface area contributed by atoms with Crippen molar-refractivity contribution in [2.45, 2.75) is 16.8 Å². The number of anilines is 1. The second-order valence-electron chi connectivity index (χ2n) is 3.62. The molecule has 18 heavy (non-hydrogen) atoms. The predicted octanol–water partition coefficient (Wildman–Crippen LogP) is 2.23. The van der Waals surface area contributed by atoms with E-state index < -0.39 is 0 Å². The van der Waals surface area contributed by atoms with Gasteiger partial charge in [0.1, 0.15) is 11.4 Å². The maximum absolute atomic E-state index is 5.38. The molecule has 0 radical (unpaired) electrons. The third-order valence-electron chi connectivity index (χ3n) is 2.32. The summed E-state index contributed by atoms with van der Waals surface area (Å²) in [6.45, 7) is 2.05. The highest BCUT2D eigenvalue weighted by molar-refractivity contribution is 7.99. The molecule has 0 bridgehead atoms. The molecule has 5 nitrogen and oxygen atoms in total. The number of aryl methyl sites for hydroxylation is 1. The van der Waals surface area contributed by atoms with Crippen molar-refractivity contribution in [3.63, 3.8) is 0 Å². The number of rotatable bonds is 4. The van der Waals surface area contributed by atoms with Gasteiger partial charge in [0.25, 0.3) is 0 Å². The fraction of sp³-hybridized carbons (Fsp3) is 0.167. The summed E-state index contributed by atoms with van der Waals surface area (Å²) < 4.78 is 5.28. The Balaban J connectivity index is 2.34. The Morgan fingerprint density at radius 2 is 2.17 bits per heavy atom. The first kappa shape index (κ1) is 12.7. The molecular weight excluding hydrogens is 248 g/mol. The molecule has 6 heteroatoms. The maximum atomic E-state index is 5.38. The van der Waals surface area contributed by atoms with Gasteiger partial charge in [-0.2, -0.15) is 0 Å². The van der Waals surface area contributed by atoms with E-state index in [1.54, 1.807) is 7.11 Å². The number of methoxy groups -OCH3 is 1. The molecule has 0 aliphatic carbocycles. The average Bonchev–Trinajstić information content (AvgIpc) is 2.38. The summed E-state index contributed by atoms with van der Waals surface area (Å²) in [6, 6.07) is 8.16. The van der Waals surface area contributed by atoms with Crippen LogP contribution in [0.15, 0.2) is 40.5 Å². The number of aromatic nitrogens is 2. The van der Waals surface area contributed by atoms with Crippen LogP contribution in [0.2, 0.25) is 0 Å². The molecule has 0 unspecified atom stereocenters. The molecule has 0 fully saturated rings. The molecule has 0 atom stereocenters. The molecule has 2 aromatic rings. The fourth-order valence-electron chi connectivity index (χ4n) is 1.51. The van der Waals surface area contributed by atoms with Gasteiger partial charge in [-0.3, -0.25) is 0 Å². The Labute approximate surface area is 110 Å². The zero-order valence-corrected chi connectivity index (χ0v) is 11.0. The molecule has 0 saturated heterocycles. The molecule has 3 N–H and O–H groups in total. The molecule has 0 spiro atoms. The van der Waals surface area contributed by atoms with Crippen LogP contribution in [0.4, 0.5) is 5.82 Å². The normalized spacial score (nSPS) is 10.2. The van der Waals surface area contributed by atoms with Gasteiger partial charge in [0.2, 0.25) is 0 Å². The van der Waals surface area contributed by atoms with Crippen LogP contribution in [-0.2, 0) is 0 Å². The number of nitrogens with one attached hydrogen (secondary N) is 1. The van der Waals surface area contributed by atoms with Gasteiger partial charge in [0.05, 0.1) is 7.11 Å². The number of ether oxygens (including phenoxy) is 1. The lowest BCUT2D eigenvalue weighted by Crippen LogP contribution is -2.10. The minimum Gasteiger partial charge on any atom is -0.490 e. The van der Waals surface area contributed by atoms with E-state index in [-0.39, 0.29) is 0 Å². The smallest absolute Gasteiger partial charge is 0.195 e. The van der Waals surface area contributed by atoms with Crippen LogP contribution in [0.25, 0.3) is 0 Å². The number of benzene rings is 1. The van der Waals surface area contributed by atoms with E-state index in [1.165, 1.54) is 23.7 Å². The van der Waals surface area contributed by atoms with E-state index >= 15 is 0 Å². The number of nitrogens with zero attached hydrogens (tertiary/aromatic N) is 2. The van der Waals surface area contributed by atoms with Crippen LogP contribution in [0.5, 0.6) is 5.75 Å².